The van der Waals surface area contributed by atoms with Gasteiger partial charge in [-0.1, -0.05) is 12.1 Å². The Morgan fingerprint density at radius 3 is 2.68 bits per heavy atom. The van der Waals surface area contributed by atoms with Gasteiger partial charge in [0.05, 0.1) is 0 Å². The minimum absolute atomic E-state index is 0.112. The molecule has 2 heteroatoms. The van der Waals surface area contributed by atoms with E-state index in [-0.39, 0.29) is 5.60 Å². The van der Waals surface area contributed by atoms with Crippen molar-refractivity contribution in [3.8, 4) is 5.75 Å². The predicted octanol–water partition coefficient (Wildman–Crippen LogP) is 3.75. The normalized spacial score (nSPS) is 20.9. The second kappa shape index (κ2) is 5.16. The van der Waals surface area contributed by atoms with Gasteiger partial charge >= 0.3 is 0 Å². The molecule has 1 aromatic rings. The quantitative estimate of drug-likeness (QED) is 0.840. The lowest BCUT2D eigenvalue weighted by Gasteiger charge is -2.42. The Labute approximate surface area is 116 Å². The summed E-state index contributed by atoms with van der Waals surface area (Å²) in [6.45, 7) is 5.38. The second-order valence-electron chi connectivity index (χ2n) is 6.39. The summed E-state index contributed by atoms with van der Waals surface area (Å²) in [5.41, 5.74) is 2.65. The van der Waals surface area contributed by atoms with Gasteiger partial charge in [-0.05, 0) is 76.1 Å². The van der Waals surface area contributed by atoms with Crippen LogP contribution >= 0.6 is 0 Å². The number of rotatable bonds is 6. The van der Waals surface area contributed by atoms with Gasteiger partial charge in [-0.25, -0.2) is 0 Å². The summed E-state index contributed by atoms with van der Waals surface area (Å²) >= 11 is 0. The summed E-state index contributed by atoms with van der Waals surface area (Å²) in [5, 5.41) is 3.61. The molecule has 2 aliphatic carbocycles. The van der Waals surface area contributed by atoms with Crippen molar-refractivity contribution in [2.24, 2.45) is 0 Å². The molecule has 2 nitrogen and oxygen atoms in total. The Balaban J connectivity index is 1.62. The van der Waals surface area contributed by atoms with Gasteiger partial charge in [0.2, 0.25) is 0 Å². The molecule has 1 aromatic carbocycles. The minimum Gasteiger partial charge on any atom is -0.487 e. The lowest BCUT2D eigenvalue weighted by molar-refractivity contribution is -0.0148. The third-order valence-corrected chi connectivity index (χ3v) is 4.53. The van der Waals surface area contributed by atoms with Crippen LogP contribution in [-0.2, 0) is 0 Å². The van der Waals surface area contributed by atoms with Crippen LogP contribution in [0.3, 0.4) is 0 Å². The largest absolute Gasteiger partial charge is 0.487 e. The lowest BCUT2D eigenvalue weighted by Crippen LogP contribution is -2.45. The monoisotopic (exact) mass is 259 g/mol. The first kappa shape index (κ1) is 13.0. The smallest absolute Gasteiger partial charge is 0.123 e. The van der Waals surface area contributed by atoms with E-state index >= 15 is 0 Å². The molecule has 0 spiro atoms. The standard InChI is InChI=1S/C17H25NO/c1-13-4-5-14(2)16(12-13)19-17(8-3-9-17)10-11-18-15-6-7-15/h4-5,12,15,18H,3,6-11H2,1-2H3. The van der Waals surface area contributed by atoms with Crippen LogP contribution in [0.5, 0.6) is 5.75 Å². The third kappa shape index (κ3) is 3.11. The Hall–Kier alpha value is -1.02. The molecule has 0 bridgehead atoms. The van der Waals surface area contributed by atoms with Crippen molar-refractivity contribution >= 4 is 0 Å². The van der Waals surface area contributed by atoms with E-state index in [9.17, 15) is 0 Å². The molecule has 0 aromatic heterocycles. The molecule has 0 saturated heterocycles. The summed E-state index contributed by atoms with van der Waals surface area (Å²) < 4.78 is 6.41. The number of hydrogen-bond acceptors (Lipinski definition) is 2. The predicted molar refractivity (Wildman–Crippen MR) is 78.8 cm³/mol. The fraction of sp³-hybridized carbons (Fsp3) is 0.647. The van der Waals surface area contributed by atoms with E-state index in [1.165, 1.54) is 43.2 Å². The maximum atomic E-state index is 6.41. The van der Waals surface area contributed by atoms with Gasteiger partial charge in [-0.2, -0.15) is 0 Å². The average molecular weight is 259 g/mol. The van der Waals surface area contributed by atoms with Crippen LogP contribution in [0.15, 0.2) is 18.2 Å². The number of ether oxygens (including phenoxy) is 1. The average Bonchev–Trinajstić information content (AvgIpc) is 3.14. The SMILES string of the molecule is Cc1ccc(C)c(OC2(CCNC3CC3)CCC2)c1. The van der Waals surface area contributed by atoms with E-state index in [1.54, 1.807) is 0 Å². The number of benzene rings is 1. The maximum Gasteiger partial charge on any atom is 0.123 e. The Morgan fingerprint density at radius 2 is 2.05 bits per heavy atom. The summed E-state index contributed by atoms with van der Waals surface area (Å²) in [4.78, 5) is 0. The number of hydrogen-bond donors (Lipinski definition) is 1. The first-order chi connectivity index (χ1) is 9.17. The van der Waals surface area contributed by atoms with E-state index in [2.05, 4.69) is 37.4 Å². The molecular weight excluding hydrogens is 234 g/mol. The molecule has 0 aliphatic heterocycles. The first-order valence-corrected chi connectivity index (χ1v) is 7.67. The summed E-state index contributed by atoms with van der Waals surface area (Å²) in [5.74, 6) is 1.09. The Kier molecular flexibility index (Phi) is 3.53. The fourth-order valence-corrected chi connectivity index (χ4v) is 2.82. The molecule has 2 fully saturated rings. The molecule has 104 valence electrons. The second-order valence-corrected chi connectivity index (χ2v) is 6.39. The first-order valence-electron chi connectivity index (χ1n) is 7.67. The minimum atomic E-state index is 0.112. The lowest BCUT2D eigenvalue weighted by atomic mass is 9.77. The highest BCUT2D eigenvalue weighted by Crippen LogP contribution is 2.40. The van der Waals surface area contributed by atoms with Gasteiger partial charge in [0.15, 0.2) is 0 Å². The van der Waals surface area contributed by atoms with Gasteiger partial charge < -0.3 is 10.1 Å². The zero-order valence-corrected chi connectivity index (χ0v) is 12.2. The van der Waals surface area contributed by atoms with Crippen LogP contribution in [0.4, 0.5) is 0 Å². The number of nitrogens with one attached hydrogen (secondary N) is 1. The van der Waals surface area contributed by atoms with Crippen LogP contribution in [0, 0.1) is 13.8 Å². The van der Waals surface area contributed by atoms with E-state index in [0.29, 0.717) is 0 Å². The van der Waals surface area contributed by atoms with Crippen LogP contribution in [0.2, 0.25) is 0 Å². The molecule has 2 saturated carbocycles. The molecule has 3 rings (SSSR count). The van der Waals surface area contributed by atoms with Crippen molar-refractivity contribution in [2.45, 2.75) is 64.0 Å². The van der Waals surface area contributed by atoms with Crippen LogP contribution in [0.25, 0.3) is 0 Å². The van der Waals surface area contributed by atoms with Crippen molar-refractivity contribution in [1.29, 1.82) is 0 Å². The molecule has 19 heavy (non-hydrogen) atoms. The topological polar surface area (TPSA) is 21.3 Å². The van der Waals surface area contributed by atoms with Crippen molar-refractivity contribution < 1.29 is 4.74 Å². The van der Waals surface area contributed by atoms with Crippen molar-refractivity contribution in [3.05, 3.63) is 29.3 Å². The summed E-state index contributed by atoms with van der Waals surface area (Å²) in [6.07, 6.45) is 7.63. The van der Waals surface area contributed by atoms with Crippen LogP contribution < -0.4 is 10.1 Å². The third-order valence-electron chi connectivity index (χ3n) is 4.53. The van der Waals surface area contributed by atoms with E-state index < -0.39 is 0 Å². The summed E-state index contributed by atoms with van der Waals surface area (Å²) in [6, 6.07) is 7.31. The molecule has 0 amide bonds. The van der Waals surface area contributed by atoms with E-state index in [4.69, 9.17) is 4.74 Å². The molecule has 0 heterocycles. The molecular formula is C17H25NO. The molecule has 0 radical (unpaired) electrons. The fourth-order valence-electron chi connectivity index (χ4n) is 2.82. The van der Waals surface area contributed by atoms with E-state index in [0.717, 1.165) is 24.8 Å². The maximum absolute atomic E-state index is 6.41. The molecule has 1 N–H and O–H groups in total. The van der Waals surface area contributed by atoms with Crippen LogP contribution in [-0.4, -0.2) is 18.2 Å². The van der Waals surface area contributed by atoms with Crippen molar-refractivity contribution in [2.75, 3.05) is 6.54 Å². The van der Waals surface area contributed by atoms with Gasteiger partial charge in [0.1, 0.15) is 11.4 Å². The highest BCUT2D eigenvalue weighted by atomic mass is 16.5. The summed E-state index contributed by atoms with van der Waals surface area (Å²) in [7, 11) is 0. The number of aryl methyl sites for hydroxylation is 2. The van der Waals surface area contributed by atoms with E-state index in [1.807, 2.05) is 0 Å². The van der Waals surface area contributed by atoms with Crippen molar-refractivity contribution in [1.82, 2.24) is 5.32 Å². The van der Waals surface area contributed by atoms with Crippen LogP contribution in [0.1, 0.15) is 49.7 Å². The van der Waals surface area contributed by atoms with Gasteiger partial charge in [-0.3, -0.25) is 0 Å². The molecule has 0 atom stereocenters. The van der Waals surface area contributed by atoms with Gasteiger partial charge in [-0.15, -0.1) is 0 Å². The zero-order chi connectivity index (χ0) is 13.3. The molecule has 2 aliphatic rings. The van der Waals surface area contributed by atoms with Crippen molar-refractivity contribution in [3.63, 3.8) is 0 Å². The Morgan fingerprint density at radius 1 is 1.26 bits per heavy atom. The van der Waals surface area contributed by atoms with Gasteiger partial charge in [0, 0.05) is 6.04 Å². The highest BCUT2D eigenvalue weighted by Gasteiger charge is 2.39. The highest BCUT2D eigenvalue weighted by molar-refractivity contribution is 5.36. The van der Waals surface area contributed by atoms with Gasteiger partial charge in [0.25, 0.3) is 0 Å². The molecule has 0 unspecified atom stereocenters. The zero-order valence-electron chi connectivity index (χ0n) is 12.2. The Bertz CT molecular complexity index is 447.